The predicted molar refractivity (Wildman–Crippen MR) is 81.1 cm³/mol. The van der Waals surface area contributed by atoms with E-state index in [-0.39, 0.29) is 5.41 Å². The molecule has 0 aromatic carbocycles. The highest BCUT2D eigenvalue weighted by molar-refractivity contribution is 5.10. The van der Waals surface area contributed by atoms with E-state index in [0.29, 0.717) is 11.8 Å². The highest BCUT2D eigenvalue weighted by Gasteiger charge is 2.56. The Bertz CT molecular complexity index is 338. The van der Waals surface area contributed by atoms with Crippen LogP contribution >= 0.6 is 0 Å². The van der Waals surface area contributed by atoms with E-state index in [4.69, 9.17) is 0 Å². The van der Waals surface area contributed by atoms with Crippen LogP contribution in [0.1, 0.15) is 52.4 Å². The molecule has 0 bridgehead atoms. The molecule has 0 saturated heterocycles. The van der Waals surface area contributed by atoms with Gasteiger partial charge in [0.1, 0.15) is 0 Å². The zero-order valence-corrected chi connectivity index (χ0v) is 13.2. The Labute approximate surface area is 118 Å². The molecule has 2 saturated carbocycles. The van der Waals surface area contributed by atoms with E-state index >= 15 is 0 Å². The molecule has 1 N–H and O–H groups in total. The van der Waals surface area contributed by atoms with Crippen LogP contribution in [0, 0.1) is 17.3 Å². The summed E-state index contributed by atoms with van der Waals surface area (Å²) in [4.78, 5) is 2.22. The molecule has 19 heavy (non-hydrogen) atoms. The maximum absolute atomic E-state index is 11.0. The van der Waals surface area contributed by atoms with Gasteiger partial charge < -0.3 is 10.0 Å². The van der Waals surface area contributed by atoms with Gasteiger partial charge in [0.2, 0.25) is 0 Å². The molecule has 0 aromatic heterocycles. The lowest BCUT2D eigenvalue weighted by Crippen LogP contribution is -2.49. The minimum absolute atomic E-state index is 0.168. The molecule has 0 heterocycles. The normalized spacial score (nSPS) is 43.1. The summed E-state index contributed by atoms with van der Waals surface area (Å²) in [6.45, 7) is 5.75. The van der Waals surface area contributed by atoms with Gasteiger partial charge in [0.05, 0.1) is 5.60 Å². The standard InChI is InChI=1S/C17H31NO/c1-14-8-11-17(19)13-15(9-10-16(14,17)2)7-5-6-12-18(3)4/h5,7,14-15,19H,6,8-13H2,1-4H3/b7-5+. The third kappa shape index (κ3) is 2.90. The minimum atomic E-state index is -0.402. The quantitative estimate of drug-likeness (QED) is 0.787. The summed E-state index contributed by atoms with van der Waals surface area (Å²) in [7, 11) is 4.23. The van der Waals surface area contributed by atoms with Crippen LogP contribution in [0.4, 0.5) is 0 Å². The summed E-state index contributed by atoms with van der Waals surface area (Å²) >= 11 is 0. The van der Waals surface area contributed by atoms with E-state index < -0.39 is 5.60 Å². The van der Waals surface area contributed by atoms with Gasteiger partial charge >= 0.3 is 0 Å². The number of fused-ring (bicyclic) bond motifs is 1. The van der Waals surface area contributed by atoms with Gasteiger partial charge in [0, 0.05) is 6.54 Å². The molecule has 2 heteroatoms. The van der Waals surface area contributed by atoms with Crippen molar-refractivity contribution in [3.05, 3.63) is 12.2 Å². The smallest absolute Gasteiger partial charge is 0.0709 e. The van der Waals surface area contributed by atoms with Gasteiger partial charge in [-0.3, -0.25) is 0 Å². The highest BCUT2D eigenvalue weighted by atomic mass is 16.3. The summed E-state index contributed by atoms with van der Waals surface area (Å²) in [5, 5.41) is 11.0. The molecule has 0 aliphatic heterocycles. The summed E-state index contributed by atoms with van der Waals surface area (Å²) < 4.78 is 0. The van der Waals surface area contributed by atoms with E-state index in [0.717, 1.165) is 25.8 Å². The van der Waals surface area contributed by atoms with Gasteiger partial charge in [-0.05, 0) is 69.9 Å². The SMILES string of the molecule is CC1CCC2(O)CC(/C=C/CCN(C)C)CCC12C. The van der Waals surface area contributed by atoms with Gasteiger partial charge in [-0.1, -0.05) is 26.0 Å². The van der Waals surface area contributed by atoms with Crippen molar-refractivity contribution < 1.29 is 5.11 Å². The molecule has 2 nitrogen and oxygen atoms in total. The number of allylic oxidation sites excluding steroid dienone is 1. The molecule has 0 amide bonds. The first-order chi connectivity index (χ1) is 8.87. The van der Waals surface area contributed by atoms with E-state index in [9.17, 15) is 5.11 Å². The maximum atomic E-state index is 11.0. The largest absolute Gasteiger partial charge is 0.389 e. The molecule has 0 aromatic rings. The topological polar surface area (TPSA) is 23.5 Å². The van der Waals surface area contributed by atoms with Crippen LogP contribution < -0.4 is 0 Å². The van der Waals surface area contributed by atoms with Crippen LogP contribution in [-0.4, -0.2) is 36.2 Å². The van der Waals surface area contributed by atoms with Crippen molar-refractivity contribution in [1.82, 2.24) is 4.90 Å². The first kappa shape index (κ1) is 15.1. The van der Waals surface area contributed by atoms with Crippen molar-refractivity contribution in [3.63, 3.8) is 0 Å². The zero-order chi connectivity index (χ0) is 14.1. The zero-order valence-electron chi connectivity index (χ0n) is 13.2. The monoisotopic (exact) mass is 265 g/mol. The Morgan fingerprint density at radius 1 is 1.26 bits per heavy atom. The number of rotatable bonds is 4. The van der Waals surface area contributed by atoms with Gasteiger partial charge in [0.15, 0.2) is 0 Å². The van der Waals surface area contributed by atoms with Gasteiger partial charge in [0.25, 0.3) is 0 Å². The van der Waals surface area contributed by atoms with Gasteiger partial charge in [-0.2, -0.15) is 0 Å². The molecule has 0 spiro atoms. The Morgan fingerprint density at radius 2 is 2.00 bits per heavy atom. The van der Waals surface area contributed by atoms with Crippen LogP contribution in [0.15, 0.2) is 12.2 Å². The number of nitrogens with zero attached hydrogens (tertiary/aromatic N) is 1. The third-order valence-electron chi connectivity index (χ3n) is 5.93. The lowest BCUT2D eigenvalue weighted by Gasteiger charge is -2.48. The van der Waals surface area contributed by atoms with Crippen molar-refractivity contribution in [1.29, 1.82) is 0 Å². The summed E-state index contributed by atoms with van der Waals surface area (Å²) in [6, 6.07) is 0. The van der Waals surface area contributed by atoms with Crippen LogP contribution in [0.25, 0.3) is 0 Å². The third-order valence-corrected chi connectivity index (χ3v) is 5.93. The minimum Gasteiger partial charge on any atom is -0.389 e. The van der Waals surface area contributed by atoms with Crippen molar-refractivity contribution in [2.24, 2.45) is 17.3 Å². The fraction of sp³-hybridized carbons (Fsp3) is 0.882. The van der Waals surface area contributed by atoms with Crippen molar-refractivity contribution in [3.8, 4) is 0 Å². The number of hydrogen-bond donors (Lipinski definition) is 1. The van der Waals surface area contributed by atoms with Crippen LogP contribution in [0.3, 0.4) is 0 Å². The molecule has 0 radical (unpaired) electrons. The Balaban J connectivity index is 1.92. The van der Waals surface area contributed by atoms with Gasteiger partial charge in [-0.15, -0.1) is 0 Å². The maximum Gasteiger partial charge on any atom is 0.0709 e. The first-order valence-electron chi connectivity index (χ1n) is 7.91. The summed E-state index contributed by atoms with van der Waals surface area (Å²) in [5.74, 6) is 1.27. The van der Waals surface area contributed by atoms with E-state index in [1.807, 2.05) is 0 Å². The Hall–Kier alpha value is -0.340. The molecule has 4 unspecified atom stereocenters. The lowest BCUT2D eigenvalue weighted by atomic mass is 9.60. The second-order valence-electron chi connectivity index (χ2n) is 7.41. The van der Waals surface area contributed by atoms with Crippen molar-refractivity contribution >= 4 is 0 Å². The Morgan fingerprint density at radius 3 is 2.68 bits per heavy atom. The number of aliphatic hydroxyl groups is 1. The average molecular weight is 265 g/mol. The van der Waals surface area contributed by atoms with Crippen molar-refractivity contribution in [2.75, 3.05) is 20.6 Å². The Kier molecular flexibility index (Phi) is 4.42. The van der Waals surface area contributed by atoms with E-state index in [1.165, 1.54) is 19.3 Å². The number of hydrogen-bond acceptors (Lipinski definition) is 2. The second kappa shape index (κ2) is 5.57. The summed E-state index contributed by atoms with van der Waals surface area (Å²) in [6.07, 6.45) is 11.4. The molecule has 2 fully saturated rings. The van der Waals surface area contributed by atoms with Crippen LogP contribution in [0.5, 0.6) is 0 Å². The lowest BCUT2D eigenvalue weighted by molar-refractivity contribution is -0.106. The van der Waals surface area contributed by atoms with Crippen LogP contribution in [0.2, 0.25) is 0 Å². The van der Waals surface area contributed by atoms with E-state index in [1.54, 1.807) is 0 Å². The first-order valence-corrected chi connectivity index (χ1v) is 7.91. The van der Waals surface area contributed by atoms with Crippen LogP contribution in [-0.2, 0) is 0 Å². The molecular formula is C17H31NO. The fourth-order valence-electron chi connectivity index (χ4n) is 4.14. The predicted octanol–water partition coefficient (Wildman–Crippen LogP) is 3.46. The molecule has 2 aliphatic carbocycles. The molecular weight excluding hydrogens is 234 g/mol. The molecule has 2 rings (SSSR count). The molecule has 4 atom stereocenters. The summed E-state index contributed by atoms with van der Waals surface area (Å²) in [5.41, 5.74) is -0.234. The van der Waals surface area contributed by atoms with Gasteiger partial charge in [-0.25, -0.2) is 0 Å². The average Bonchev–Trinajstić information content (AvgIpc) is 2.58. The molecule has 110 valence electrons. The highest BCUT2D eigenvalue weighted by Crippen LogP contribution is 2.59. The van der Waals surface area contributed by atoms with Crippen molar-refractivity contribution in [2.45, 2.75) is 58.0 Å². The second-order valence-corrected chi connectivity index (χ2v) is 7.41. The van der Waals surface area contributed by atoms with E-state index in [2.05, 4.69) is 45.0 Å². The fourth-order valence-corrected chi connectivity index (χ4v) is 4.14. The molecule has 2 aliphatic rings.